The van der Waals surface area contributed by atoms with Crippen LogP contribution < -0.4 is 10.2 Å². The minimum atomic E-state index is -0.134. The van der Waals surface area contributed by atoms with Crippen LogP contribution >= 0.6 is 0 Å². The van der Waals surface area contributed by atoms with Crippen molar-refractivity contribution in [2.24, 2.45) is 0 Å². The molecule has 2 aliphatic heterocycles. The third kappa shape index (κ3) is 3.55. The van der Waals surface area contributed by atoms with Gasteiger partial charge in [-0.3, -0.25) is 4.79 Å². The first kappa shape index (κ1) is 17.0. The monoisotopic (exact) mass is 356 g/mol. The van der Waals surface area contributed by atoms with Crippen molar-refractivity contribution >= 4 is 11.7 Å². The van der Waals surface area contributed by atoms with E-state index in [1.54, 1.807) is 12.3 Å². The first-order valence-corrected chi connectivity index (χ1v) is 9.30. The van der Waals surface area contributed by atoms with Gasteiger partial charge in [-0.1, -0.05) is 6.42 Å². The van der Waals surface area contributed by atoms with Crippen molar-refractivity contribution in [3.05, 3.63) is 35.5 Å². The van der Waals surface area contributed by atoms with Crippen molar-refractivity contribution in [3.63, 3.8) is 0 Å². The Hall–Kier alpha value is -2.48. The Morgan fingerprint density at radius 2 is 2.04 bits per heavy atom. The molecule has 0 spiro atoms. The van der Waals surface area contributed by atoms with Gasteiger partial charge in [-0.15, -0.1) is 10.2 Å². The number of anilines is 1. The molecule has 0 saturated carbocycles. The summed E-state index contributed by atoms with van der Waals surface area (Å²) >= 11 is 0. The number of carbonyl (C=O) groups excluding carboxylic acids is 1. The van der Waals surface area contributed by atoms with E-state index < -0.39 is 0 Å². The fourth-order valence-electron chi connectivity index (χ4n) is 3.53. The molecule has 1 amide bonds. The van der Waals surface area contributed by atoms with E-state index in [1.165, 1.54) is 6.42 Å². The summed E-state index contributed by atoms with van der Waals surface area (Å²) in [6.45, 7) is 4.11. The van der Waals surface area contributed by atoms with Gasteiger partial charge in [-0.25, -0.2) is 4.98 Å². The second-order valence-electron chi connectivity index (χ2n) is 6.65. The van der Waals surface area contributed by atoms with Crippen LogP contribution in [0, 0.1) is 0 Å². The van der Waals surface area contributed by atoms with Crippen LogP contribution in [0.25, 0.3) is 0 Å². The highest BCUT2D eigenvalue weighted by molar-refractivity contribution is 5.98. The van der Waals surface area contributed by atoms with E-state index in [9.17, 15) is 4.79 Å². The van der Waals surface area contributed by atoms with Gasteiger partial charge >= 0.3 is 0 Å². The van der Waals surface area contributed by atoms with Gasteiger partial charge in [0, 0.05) is 32.3 Å². The van der Waals surface area contributed by atoms with Gasteiger partial charge < -0.3 is 19.5 Å². The van der Waals surface area contributed by atoms with E-state index in [4.69, 9.17) is 4.74 Å². The summed E-state index contributed by atoms with van der Waals surface area (Å²) in [5.41, 5.74) is 0.588. The molecule has 8 nitrogen and oxygen atoms in total. The second-order valence-corrected chi connectivity index (χ2v) is 6.65. The molecule has 2 aliphatic rings. The number of ether oxygens (including phenoxy) is 1. The van der Waals surface area contributed by atoms with E-state index in [-0.39, 0.29) is 5.91 Å². The Morgan fingerprint density at radius 1 is 1.15 bits per heavy atom. The van der Waals surface area contributed by atoms with Crippen LogP contribution in [0.2, 0.25) is 0 Å². The largest absolute Gasteiger partial charge is 0.378 e. The molecular formula is C18H24N6O2. The highest BCUT2D eigenvalue weighted by Crippen LogP contribution is 2.19. The maximum atomic E-state index is 12.8. The van der Waals surface area contributed by atoms with Crippen LogP contribution in [0.3, 0.4) is 0 Å². The minimum Gasteiger partial charge on any atom is -0.378 e. The number of hydrogen-bond donors (Lipinski definition) is 1. The van der Waals surface area contributed by atoms with Crippen molar-refractivity contribution in [1.29, 1.82) is 0 Å². The number of nitrogens with one attached hydrogen (secondary N) is 1. The van der Waals surface area contributed by atoms with Crippen LogP contribution in [0.4, 0.5) is 5.82 Å². The van der Waals surface area contributed by atoms with Crippen molar-refractivity contribution in [3.8, 4) is 0 Å². The lowest BCUT2D eigenvalue weighted by atomic mass is 10.2. The Bertz CT molecular complexity index is 769. The lowest BCUT2D eigenvalue weighted by Crippen LogP contribution is -2.38. The molecule has 1 saturated heterocycles. The molecule has 0 aliphatic carbocycles. The second kappa shape index (κ2) is 7.82. The summed E-state index contributed by atoms with van der Waals surface area (Å²) in [5, 5.41) is 11.5. The fourth-order valence-corrected chi connectivity index (χ4v) is 3.53. The number of aryl methyl sites for hydroxylation is 1. The molecule has 2 aromatic heterocycles. The third-order valence-corrected chi connectivity index (χ3v) is 4.94. The quantitative estimate of drug-likeness (QED) is 0.885. The molecule has 4 rings (SSSR count). The molecule has 8 heteroatoms. The SMILES string of the molecule is O=C(NCc1nnc2n1CCCCC2)c1cccnc1N1CCOCC1. The van der Waals surface area contributed by atoms with Gasteiger partial charge in [0.2, 0.25) is 0 Å². The molecule has 1 fully saturated rings. The van der Waals surface area contributed by atoms with Gasteiger partial charge in [0.25, 0.3) is 5.91 Å². The predicted molar refractivity (Wildman–Crippen MR) is 96.0 cm³/mol. The molecule has 4 heterocycles. The first-order chi connectivity index (χ1) is 12.8. The van der Waals surface area contributed by atoms with Crippen LogP contribution in [0.1, 0.15) is 41.3 Å². The zero-order valence-electron chi connectivity index (χ0n) is 14.9. The fraction of sp³-hybridized carbons (Fsp3) is 0.556. The summed E-state index contributed by atoms with van der Waals surface area (Å²) in [7, 11) is 0. The lowest BCUT2D eigenvalue weighted by Gasteiger charge is -2.29. The van der Waals surface area contributed by atoms with Crippen molar-refractivity contribution in [2.75, 3.05) is 31.2 Å². The highest BCUT2D eigenvalue weighted by Gasteiger charge is 2.21. The highest BCUT2D eigenvalue weighted by atomic mass is 16.5. The summed E-state index contributed by atoms with van der Waals surface area (Å²) in [6, 6.07) is 3.61. The van der Waals surface area contributed by atoms with Gasteiger partial charge in [0.1, 0.15) is 11.6 Å². The molecule has 138 valence electrons. The lowest BCUT2D eigenvalue weighted by molar-refractivity contribution is 0.0947. The number of nitrogens with zero attached hydrogens (tertiary/aromatic N) is 5. The Kier molecular flexibility index (Phi) is 5.10. The van der Waals surface area contributed by atoms with E-state index in [0.717, 1.165) is 50.5 Å². The zero-order chi connectivity index (χ0) is 17.8. The Balaban J connectivity index is 1.47. The smallest absolute Gasteiger partial charge is 0.255 e. The number of pyridine rings is 1. The maximum absolute atomic E-state index is 12.8. The summed E-state index contributed by atoms with van der Waals surface area (Å²) in [6.07, 6.45) is 6.19. The maximum Gasteiger partial charge on any atom is 0.255 e. The van der Waals surface area contributed by atoms with Gasteiger partial charge in [-0.2, -0.15) is 0 Å². The summed E-state index contributed by atoms with van der Waals surface area (Å²) in [4.78, 5) is 19.3. The zero-order valence-corrected chi connectivity index (χ0v) is 14.9. The van der Waals surface area contributed by atoms with Gasteiger partial charge in [-0.05, 0) is 25.0 Å². The average molecular weight is 356 g/mol. The van der Waals surface area contributed by atoms with Crippen LogP contribution in [0.5, 0.6) is 0 Å². The van der Waals surface area contributed by atoms with Crippen LogP contribution in [-0.4, -0.2) is 52.0 Å². The molecular weight excluding hydrogens is 332 g/mol. The molecule has 1 N–H and O–H groups in total. The molecule has 2 aromatic rings. The van der Waals surface area contributed by atoms with Gasteiger partial charge in [0.15, 0.2) is 5.82 Å². The first-order valence-electron chi connectivity index (χ1n) is 9.30. The number of amides is 1. The topological polar surface area (TPSA) is 85.2 Å². The summed E-state index contributed by atoms with van der Waals surface area (Å²) in [5.74, 6) is 2.44. The van der Waals surface area contributed by atoms with E-state index in [1.807, 2.05) is 6.07 Å². The third-order valence-electron chi connectivity index (χ3n) is 4.94. The number of rotatable bonds is 4. The van der Waals surface area contributed by atoms with Crippen molar-refractivity contribution < 1.29 is 9.53 Å². The van der Waals surface area contributed by atoms with E-state index >= 15 is 0 Å². The predicted octanol–water partition coefficient (Wildman–Crippen LogP) is 1.17. The average Bonchev–Trinajstić information content (AvgIpc) is 2.93. The molecule has 0 unspecified atom stereocenters. The van der Waals surface area contributed by atoms with Gasteiger partial charge in [0.05, 0.1) is 25.3 Å². The normalized spacial score (nSPS) is 17.5. The molecule has 0 bridgehead atoms. The van der Waals surface area contributed by atoms with Crippen LogP contribution in [0.15, 0.2) is 18.3 Å². The van der Waals surface area contributed by atoms with E-state index in [0.29, 0.717) is 31.1 Å². The summed E-state index contributed by atoms with van der Waals surface area (Å²) < 4.78 is 7.55. The number of carbonyl (C=O) groups is 1. The van der Waals surface area contributed by atoms with Crippen molar-refractivity contribution in [2.45, 2.75) is 38.8 Å². The number of aromatic nitrogens is 4. The van der Waals surface area contributed by atoms with Crippen molar-refractivity contribution in [1.82, 2.24) is 25.1 Å². The molecule has 26 heavy (non-hydrogen) atoms. The number of morpholine rings is 1. The van der Waals surface area contributed by atoms with Crippen LogP contribution in [-0.2, 0) is 24.2 Å². The molecule has 0 radical (unpaired) electrons. The minimum absolute atomic E-state index is 0.134. The standard InChI is InChI=1S/C18H24N6O2/c25-18(14-5-4-7-19-17(14)23-9-11-26-12-10-23)20-13-16-22-21-15-6-2-1-3-8-24(15)16/h4-5,7H,1-3,6,8-13H2,(H,20,25). The molecule has 0 aromatic carbocycles. The molecule has 0 atom stereocenters. The Labute approximate surface area is 152 Å². The number of fused-ring (bicyclic) bond motifs is 1. The number of hydrogen-bond acceptors (Lipinski definition) is 6. The van der Waals surface area contributed by atoms with E-state index in [2.05, 4.69) is 30.0 Å². The Morgan fingerprint density at radius 3 is 2.92 bits per heavy atom.